The molecule has 0 radical (unpaired) electrons. The van der Waals surface area contributed by atoms with E-state index < -0.39 is 0 Å². The first-order valence-electron chi connectivity index (χ1n) is 7.30. The smallest absolute Gasteiger partial charge is 0.0944 e. The third-order valence-electron chi connectivity index (χ3n) is 4.45. The van der Waals surface area contributed by atoms with Gasteiger partial charge in [0.2, 0.25) is 0 Å². The summed E-state index contributed by atoms with van der Waals surface area (Å²) in [4.78, 5) is 0. The number of hydrogen-bond acceptors (Lipinski definition) is 1. The first kappa shape index (κ1) is 15.8. The highest BCUT2D eigenvalue weighted by atomic mass is 16.5. The summed E-state index contributed by atoms with van der Waals surface area (Å²) < 4.78 is 6.27. The second-order valence-corrected chi connectivity index (χ2v) is 8.19. The summed E-state index contributed by atoms with van der Waals surface area (Å²) in [7, 11) is 0. The van der Waals surface area contributed by atoms with Crippen molar-refractivity contribution in [1.82, 2.24) is 0 Å². The van der Waals surface area contributed by atoms with Crippen molar-refractivity contribution >= 4 is 0 Å². The average Bonchev–Trinajstić information content (AvgIpc) is 2.44. The van der Waals surface area contributed by atoms with E-state index in [0.29, 0.717) is 5.41 Å². The molecule has 1 heterocycles. The van der Waals surface area contributed by atoms with Gasteiger partial charge in [-0.15, -0.1) is 0 Å². The van der Waals surface area contributed by atoms with Crippen molar-refractivity contribution in [2.24, 2.45) is 10.8 Å². The van der Waals surface area contributed by atoms with Crippen LogP contribution in [0, 0.1) is 10.8 Å². The Balaban J connectivity index is 2.83. The van der Waals surface area contributed by atoms with Gasteiger partial charge in [-0.1, -0.05) is 41.5 Å². The third kappa shape index (κ3) is 3.17. The lowest BCUT2D eigenvalue weighted by Crippen LogP contribution is -2.44. The molecule has 1 rings (SSSR count). The van der Waals surface area contributed by atoms with E-state index in [1.807, 2.05) is 0 Å². The summed E-state index contributed by atoms with van der Waals surface area (Å²) >= 11 is 0. The van der Waals surface area contributed by atoms with Crippen molar-refractivity contribution in [3.8, 4) is 0 Å². The van der Waals surface area contributed by atoms with Crippen molar-refractivity contribution < 1.29 is 4.74 Å². The molecule has 0 aromatic rings. The minimum atomic E-state index is -0.0394. The zero-order valence-corrected chi connectivity index (χ0v) is 13.7. The van der Waals surface area contributed by atoms with Gasteiger partial charge in [-0.25, -0.2) is 0 Å². The first-order valence-corrected chi connectivity index (χ1v) is 7.30. The van der Waals surface area contributed by atoms with Crippen molar-refractivity contribution in [3.63, 3.8) is 0 Å². The van der Waals surface area contributed by atoms with E-state index in [9.17, 15) is 0 Å². The van der Waals surface area contributed by atoms with Crippen LogP contribution in [-0.2, 0) is 4.74 Å². The highest BCUT2D eigenvalue weighted by Gasteiger charge is 2.47. The van der Waals surface area contributed by atoms with Gasteiger partial charge in [-0.3, -0.25) is 0 Å². The van der Waals surface area contributed by atoms with Gasteiger partial charge in [0, 0.05) is 0 Å². The Labute approximate surface area is 114 Å². The van der Waals surface area contributed by atoms with Crippen LogP contribution >= 0.6 is 0 Å². The Bertz CT molecular complexity index is 324. The number of ether oxygens (including phenoxy) is 1. The molecule has 1 unspecified atom stereocenters. The fourth-order valence-electron chi connectivity index (χ4n) is 3.07. The van der Waals surface area contributed by atoms with Crippen molar-refractivity contribution in [3.05, 3.63) is 11.1 Å². The average molecular weight is 252 g/mol. The zero-order chi connectivity index (χ0) is 14.2. The van der Waals surface area contributed by atoms with Gasteiger partial charge in [0.25, 0.3) is 0 Å². The van der Waals surface area contributed by atoms with Crippen molar-refractivity contribution in [2.45, 2.75) is 80.3 Å². The Kier molecular flexibility index (Phi) is 4.37. The van der Waals surface area contributed by atoms with E-state index in [2.05, 4.69) is 55.4 Å². The molecule has 0 saturated carbocycles. The molecule has 0 saturated heterocycles. The fourth-order valence-corrected chi connectivity index (χ4v) is 3.07. The van der Waals surface area contributed by atoms with Crippen LogP contribution in [0.1, 0.15) is 74.7 Å². The highest BCUT2D eigenvalue weighted by molar-refractivity contribution is 5.29. The van der Waals surface area contributed by atoms with Crippen LogP contribution in [0.4, 0.5) is 0 Å². The van der Waals surface area contributed by atoms with Crippen LogP contribution in [0.25, 0.3) is 0 Å². The molecule has 0 bridgehead atoms. The molecule has 0 amide bonds. The van der Waals surface area contributed by atoms with E-state index in [1.54, 1.807) is 0 Å². The molecule has 0 aromatic heterocycles. The summed E-state index contributed by atoms with van der Waals surface area (Å²) in [5, 5.41) is 0. The van der Waals surface area contributed by atoms with Gasteiger partial charge in [0.05, 0.1) is 12.2 Å². The summed E-state index contributed by atoms with van der Waals surface area (Å²) in [6.45, 7) is 19.2. The normalized spacial score (nSPS) is 26.0. The van der Waals surface area contributed by atoms with E-state index in [0.717, 1.165) is 13.0 Å². The lowest BCUT2D eigenvalue weighted by Gasteiger charge is -2.43. The van der Waals surface area contributed by atoms with Crippen LogP contribution in [0.5, 0.6) is 0 Å². The van der Waals surface area contributed by atoms with Crippen molar-refractivity contribution in [2.75, 3.05) is 6.61 Å². The quantitative estimate of drug-likeness (QED) is 0.615. The summed E-state index contributed by atoms with van der Waals surface area (Å²) in [6.07, 6.45) is 3.66. The molecule has 106 valence electrons. The molecule has 1 heteroatoms. The molecule has 1 nitrogen and oxygen atoms in total. The number of hydrogen-bond donors (Lipinski definition) is 0. The second-order valence-electron chi connectivity index (χ2n) is 8.19. The second kappa shape index (κ2) is 5.00. The van der Waals surface area contributed by atoms with Crippen LogP contribution in [0.15, 0.2) is 11.1 Å². The predicted octanol–water partition coefficient (Wildman–Crippen LogP) is 5.35. The molecular weight excluding hydrogens is 220 g/mol. The summed E-state index contributed by atoms with van der Waals surface area (Å²) in [5.74, 6) is 0. The van der Waals surface area contributed by atoms with E-state index in [4.69, 9.17) is 4.74 Å². The maximum absolute atomic E-state index is 6.27. The maximum Gasteiger partial charge on any atom is 0.0944 e. The molecular formula is C17H32O. The van der Waals surface area contributed by atoms with Crippen LogP contribution < -0.4 is 0 Å². The van der Waals surface area contributed by atoms with Crippen LogP contribution in [0.3, 0.4) is 0 Å². The van der Waals surface area contributed by atoms with Crippen LogP contribution in [-0.4, -0.2) is 12.2 Å². The predicted molar refractivity (Wildman–Crippen MR) is 79.8 cm³/mol. The topological polar surface area (TPSA) is 9.23 Å². The molecule has 0 N–H and O–H groups in total. The van der Waals surface area contributed by atoms with Gasteiger partial charge in [-0.05, 0) is 55.1 Å². The summed E-state index contributed by atoms with van der Waals surface area (Å²) in [5.41, 5.74) is 3.46. The Hall–Kier alpha value is -0.300. The minimum Gasteiger partial charge on any atom is -0.366 e. The molecule has 0 fully saturated rings. The van der Waals surface area contributed by atoms with E-state index in [-0.39, 0.29) is 11.0 Å². The molecule has 1 aliphatic rings. The van der Waals surface area contributed by atoms with Gasteiger partial charge >= 0.3 is 0 Å². The van der Waals surface area contributed by atoms with Crippen molar-refractivity contribution in [1.29, 1.82) is 0 Å². The minimum absolute atomic E-state index is 0.0394. The summed E-state index contributed by atoms with van der Waals surface area (Å²) in [6, 6.07) is 0. The standard InChI is InChI=1S/C17H32O/c1-13-12-18-17(14(13)2,16(6,7)8)11-9-10-15(3,4)5/h9-12H2,1-8H3. The Morgan fingerprint density at radius 1 is 1.06 bits per heavy atom. The molecule has 0 spiro atoms. The van der Waals surface area contributed by atoms with Gasteiger partial charge in [-0.2, -0.15) is 0 Å². The SMILES string of the molecule is CC1=C(C)C(CCCC(C)(C)C)(C(C)(C)C)OC1. The molecule has 1 aliphatic heterocycles. The van der Waals surface area contributed by atoms with E-state index >= 15 is 0 Å². The van der Waals surface area contributed by atoms with Gasteiger partial charge in [0.15, 0.2) is 0 Å². The number of rotatable bonds is 3. The Morgan fingerprint density at radius 2 is 1.61 bits per heavy atom. The lowest BCUT2D eigenvalue weighted by atomic mass is 9.69. The molecule has 0 aromatic carbocycles. The monoisotopic (exact) mass is 252 g/mol. The highest BCUT2D eigenvalue weighted by Crippen LogP contribution is 2.48. The molecule has 1 atom stereocenters. The van der Waals surface area contributed by atoms with Gasteiger partial charge in [0.1, 0.15) is 0 Å². The third-order valence-corrected chi connectivity index (χ3v) is 4.45. The Morgan fingerprint density at radius 3 is 1.94 bits per heavy atom. The fraction of sp³-hybridized carbons (Fsp3) is 0.882. The maximum atomic E-state index is 6.27. The zero-order valence-electron chi connectivity index (χ0n) is 13.7. The van der Waals surface area contributed by atoms with Crippen LogP contribution in [0.2, 0.25) is 0 Å². The lowest BCUT2D eigenvalue weighted by molar-refractivity contribution is -0.0711. The molecule has 0 aliphatic carbocycles. The van der Waals surface area contributed by atoms with Gasteiger partial charge < -0.3 is 4.74 Å². The first-order chi connectivity index (χ1) is 8.00. The largest absolute Gasteiger partial charge is 0.366 e. The molecule has 18 heavy (non-hydrogen) atoms. The van der Waals surface area contributed by atoms with E-state index in [1.165, 1.54) is 24.0 Å².